The number of hydrogen-bond acceptors (Lipinski definition) is 7. The molecule has 2 saturated heterocycles. The van der Waals surface area contributed by atoms with Crippen LogP contribution in [0.25, 0.3) is 16.8 Å². The van der Waals surface area contributed by atoms with Crippen molar-refractivity contribution in [1.29, 1.82) is 0 Å². The predicted octanol–water partition coefficient (Wildman–Crippen LogP) is 1.68. The number of fused-ring (bicyclic) bond motifs is 1. The molecule has 33 heavy (non-hydrogen) atoms. The van der Waals surface area contributed by atoms with Crippen molar-refractivity contribution in [3.05, 3.63) is 42.6 Å². The first-order chi connectivity index (χ1) is 16.1. The lowest BCUT2D eigenvalue weighted by Gasteiger charge is -2.42. The molecule has 0 unspecified atom stereocenters. The topological polar surface area (TPSA) is 81.9 Å². The molecule has 0 spiro atoms. The molecule has 9 nitrogen and oxygen atoms in total. The number of amides is 1. The third-order valence-electron chi connectivity index (χ3n) is 6.55. The summed E-state index contributed by atoms with van der Waals surface area (Å²) in [7, 11) is 3.78. The van der Waals surface area contributed by atoms with Gasteiger partial charge in [-0.05, 0) is 44.5 Å². The summed E-state index contributed by atoms with van der Waals surface area (Å²) < 4.78 is 1.91. The number of nitrogens with zero attached hydrogens (tertiary/aromatic N) is 7. The SMILES string of the molecule is CNC=O.Cc1cc(-c2cnn3cc(N4CCC(N5CCN(C)CC5)CC4)cnc23)ccn1. The van der Waals surface area contributed by atoms with Gasteiger partial charge in [0.05, 0.1) is 24.3 Å². The molecule has 2 aliphatic rings. The van der Waals surface area contributed by atoms with Gasteiger partial charge in [-0.1, -0.05) is 0 Å². The van der Waals surface area contributed by atoms with Gasteiger partial charge in [0.25, 0.3) is 0 Å². The summed E-state index contributed by atoms with van der Waals surface area (Å²) in [6.45, 7) is 8.98. The van der Waals surface area contributed by atoms with E-state index in [2.05, 4.69) is 49.4 Å². The van der Waals surface area contributed by atoms with Crippen LogP contribution in [0.2, 0.25) is 0 Å². The summed E-state index contributed by atoms with van der Waals surface area (Å²) in [5, 5.41) is 6.82. The van der Waals surface area contributed by atoms with Gasteiger partial charge >= 0.3 is 0 Å². The molecule has 0 aliphatic carbocycles. The molecule has 176 valence electrons. The van der Waals surface area contributed by atoms with Crippen LogP contribution >= 0.6 is 0 Å². The van der Waals surface area contributed by atoms with Crippen LogP contribution < -0.4 is 10.2 Å². The summed E-state index contributed by atoms with van der Waals surface area (Å²) >= 11 is 0. The summed E-state index contributed by atoms with van der Waals surface area (Å²) in [4.78, 5) is 25.7. The van der Waals surface area contributed by atoms with Crippen LogP contribution in [0, 0.1) is 6.92 Å². The molecular weight excluding hydrogens is 416 g/mol. The number of anilines is 1. The average Bonchev–Trinajstić information content (AvgIpc) is 3.28. The standard InChI is InChI=1S/C22H29N7.C2H5NO/c1-17-13-18(3-6-23-17)21-15-25-29-16-20(14-24-22(21)29)27-7-4-19(5-8-27)28-11-9-26(2)10-12-28;1-3-2-4/h3,6,13-16,19H,4-5,7-12H2,1-2H3;2H,1H3,(H,3,4). The molecule has 0 bridgehead atoms. The van der Waals surface area contributed by atoms with Gasteiger partial charge in [0.2, 0.25) is 6.41 Å². The molecule has 1 N–H and O–H groups in total. The van der Waals surface area contributed by atoms with E-state index < -0.39 is 0 Å². The molecule has 0 atom stereocenters. The molecule has 0 aromatic carbocycles. The lowest BCUT2D eigenvalue weighted by Crippen LogP contribution is -2.52. The zero-order valence-electron chi connectivity index (χ0n) is 19.8. The van der Waals surface area contributed by atoms with Crippen molar-refractivity contribution in [2.24, 2.45) is 0 Å². The lowest BCUT2D eigenvalue weighted by molar-refractivity contribution is -0.109. The van der Waals surface area contributed by atoms with Gasteiger partial charge in [0.1, 0.15) is 0 Å². The van der Waals surface area contributed by atoms with Crippen molar-refractivity contribution in [3.63, 3.8) is 0 Å². The highest BCUT2D eigenvalue weighted by atomic mass is 16.1. The smallest absolute Gasteiger partial charge is 0.206 e. The monoisotopic (exact) mass is 450 g/mol. The first-order valence-corrected chi connectivity index (χ1v) is 11.6. The van der Waals surface area contributed by atoms with Crippen molar-refractivity contribution < 1.29 is 4.79 Å². The fourth-order valence-electron chi connectivity index (χ4n) is 4.62. The maximum atomic E-state index is 9.06. The number of piperidine rings is 1. The zero-order chi connectivity index (χ0) is 23.2. The van der Waals surface area contributed by atoms with E-state index in [9.17, 15) is 0 Å². The Labute approximate surface area is 195 Å². The summed E-state index contributed by atoms with van der Waals surface area (Å²) in [5.74, 6) is 0. The zero-order valence-corrected chi connectivity index (χ0v) is 19.8. The summed E-state index contributed by atoms with van der Waals surface area (Å²) in [6, 6.07) is 4.82. The van der Waals surface area contributed by atoms with Crippen LogP contribution in [0.4, 0.5) is 5.69 Å². The number of aromatic nitrogens is 4. The Morgan fingerprint density at radius 1 is 1.06 bits per heavy atom. The van der Waals surface area contributed by atoms with Gasteiger partial charge in [-0.3, -0.25) is 14.7 Å². The molecule has 2 fully saturated rings. The lowest BCUT2D eigenvalue weighted by atomic mass is 10.0. The quantitative estimate of drug-likeness (QED) is 0.606. The van der Waals surface area contributed by atoms with Crippen LogP contribution in [0.1, 0.15) is 18.5 Å². The van der Waals surface area contributed by atoms with Crippen molar-refractivity contribution in [1.82, 2.24) is 34.7 Å². The maximum Gasteiger partial charge on any atom is 0.206 e. The Morgan fingerprint density at radius 3 is 2.45 bits per heavy atom. The first-order valence-electron chi connectivity index (χ1n) is 11.6. The van der Waals surface area contributed by atoms with Crippen molar-refractivity contribution >= 4 is 17.7 Å². The molecule has 5 rings (SSSR count). The van der Waals surface area contributed by atoms with E-state index in [0.29, 0.717) is 6.41 Å². The van der Waals surface area contributed by atoms with E-state index in [1.807, 2.05) is 36.1 Å². The minimum atomic E-state index is 0.625. The molecule has 0 radical (unpaired) electrons. The van der Waals surface area contributed by atoms with E-state index in [1.54, 1.807) is 7.05 Å². The molecule has 5 heterocycles. The highest BCUT2D eigenvalue weighted by Crippen LogP contribution is 2.27. The Kier molecular flexibility index (Phi) is 7.51. The fraction of sp³-hybridized carbons (Fsp3) is 0.500. The van der Waals surface area contributed by atoms with E-state index in [-0.39, 0.29) is 0 Å². The number of carbonyl (C=O) groups excluding carboxylic acids is 1. The van der Waals surface area contributed by atoms with Crippen LogP contribution in [0.15, 0.2) is 36.9 Å². The largest absolute Gasteiger partial charge is 0.369 e. The number of pyridine rings is 1. The number of likely N-dealkylation sites (N-methyl/N-ethyl adjacent to an activating group) is 1. The summed E-state index contributed by atoms with van der Waals surface area (Å²) in [6.07, 6.45) is 10.9. The first kappa shape index (κ1) is 23.1. The van der Waals surface area contributed by atoms with E-state index >= 15 is 0 Å². The normalized spacial score (nSPS) is 18.1. The summed E-state index contributed by atoms with van der Waals surface area (Å²) in [5.41, 5.74) is 5.22. The number of nitrogens with one attached hydrogen (secondary N) is 1. The second kappa shape index (κ2) is 10.7. The highest BCUT2D eigenvalue weighted by molar-refractivity contribution is 5.77. The van der Waals surface area contributed by atoms with Crippen LogP contribution in [0.3, 0.4) is 0 Å². The maximum absolute atomic E-state index is 9.06. The van der Waals surface area contributed by atoms with Gasteiger partial charge < -0.3 is 15.1 Å². The number of hydrogen-bond donors (Lipinski definition) is 1. The van der Waals surface area contributed by atoms with Gasteiger partial charge in [0.15, 0.2) is 5.65 Å². The number of piperazine rings is 1. The second-order valence-corrected chi connectivity index (χ2v) is 8.79. The van der Waals surface area contributed by atoms with Crippen molar-refractivity contribution in [2.45, 2.75) is 25.8 Å². The molecule has 1 amide bonds. The van der Waals surface area contributed by atoms with Crippen LogP contribution in [-0.2, 0) is 4.79 Å². The third kappa shape index (κ3) is 5.48. The van der Waals surface area contributed by atoms with Crippen LogP contribution in [0.5, 0.6) is 0 Å². The van der Waals surface area contributed by atoms with E-state index in [4.69, 9.17) is 9.78 Å². The minimum Gasteiger partial charge on any atom is -0.369 e. The minimum absolute atomic E-state index is 0.625. The second-order valence-electron chi connectivity index (χ2n) is 8.79. The molecular formula is C24H34N8O. The van der Waals surface area contributed by atoms with E-state index in [0.717, 1.165) is 47.3 Å². The average molecular weight is 451 g/mol. The Morgan fingerprint density at radius 2 is 1.79 bits per heavy atom. The number of rotatable bonds is 4. The van der Waals surface area contributed by atoms with Gasteiger partial charge in [0, 0.05) is 69.8 Å². The van der Waals surface area contributed by atoms with E-state index in [1.165, 1.54) is 39.0 Å². The predicted molar refractivity (Wildman–Crippen MR) is 130 cm³/mol. The number of aryl methyl sites for hydroxylation is 1. The molecule has 2 aliphatic heterocycles. The Hall–Kier alpha value is -3.04. The Bertz CT molecular complexity index is 1050. The number of carbonyl (C=O) groups is 1. The Balaban J connectivity index is 0.000000601. The molecule has 3 aromatic heterocycles. The molecule has 9 heteroatoms. The van der Waals surface area contributed by atoms with Crippen LogP contribution in [-0.4, -0.2) is 95.2 Å². The third-order valence-corrected chi connectivity index (χ3v) is 6.55. The molecule has 3 aromatic rings. The van der Waals surface area contributed by atoms with Gasteiger partial charge in [-0.15, -0.1) is 0 Å². The molecule has 0 saturated carbocycles. The van der Waals surface area contributed by atoms with Gasteiger partial charge in [-0.2, -0.15) is 5.10 Å². The fourth-order valence-corrected chi connectivity index (χ4v) is 4.62. The van der Waals surface area contributed by atoms with Gasteiger partial charge in [-0.25, -0.2) is 9.50 Å². The van der Waals surface area contributed by atoms with Crippen molar-refractivity contribution in [2.75, 3.05) is 58.3 Å². The van der Waals surface area contributed by atoms with Crippen molar-refractivity contribution in [3.8, 4) is 11.1 Å². The highest BCUT2D eigenvalue weighted by Gasteiger charge is 2.27.